The Balaban J connectivity index is 0.00000204. The topological polar surface area (TPSA) is 77.3 Å². The van der Waals surface area contributed by atoms with E-state index in [0.29, 0.717) is 31.7 Å². The van der Waals surface area contributed by atoms with Gasteiger partial charge in [0.15, 0.2) is 5.65 Å². The lowest BCUT2D eigenvalue weighted by Crippen LogP contribution is -2.13. The number of hydrogen-bond donors (Lipinski definition) is 1. The summed E-state index contributed by atoms with van der Waals surface area (Å²) in [5, 5.41) is 8.48. The highest BCUT2D eigenvalue weighted by molar-refractivity contribution is 5.85. The van der Waals surface area contributed by atoms with Gasteiger partial charge in [-0.3, -0.25) is 4.40 Å². The van der Waals surface area contributed by atoms with Gasteiger partial charge in [-0.1, -0.05) is 0 Å². The average Bonchev–Trinajstić information content (AvgIpc) is 3.44. The lowest BCUT2D eigenvalue weighted by atomic mass is 9.93. The highest BCUT2D eigenvalue weighted by Gasteiger charge is 2.31. The Kier molecular flexibility index (Phi) is 4.62. The van der Waals surface area contributed by atoms with Gasteiger partial charge in [-0.2, -0.15) is 0 Å². The quantitative estimate of drug-likeness (QED) is 0.484. The van der Waals surface area contributed by atoms with Crippen LogP contribution in [0.3, 0.4) is 0 Å². The number of fused-ring (bicyclic) bond motifs is 3. The molecule has 0 bridgehead atoms. The zero-order valence-electron chi connectivity index (χ0n) is 17.1. The molecule has 2 aliphatic rings. The van der Waals surface area contributed by atoms with Crippen molar-refractivity contribution in [3.8, 4) is 22.8 Å². The third kappa shape index (κ3) is 2.96. The van der Waals surface area contributed by atoms with E-state index in [2.05, 4.69) is 20.2 Å². The molecule has 0 unspecified atom stereocenters. The molecule has 1 atom stereocenters. The number of aryl methyl sites for hydroxylation is 3. The molecule has 0 saturated carbocycles. The van der Waals surface area contributed by atoms with Crippen LogP contribution >= 0.6 is 12.4 Å². The summed E-state index contributed by atoms with van der Waals surface area (Å²) in [6, 6.07) is 5.21. The standard InChI is InChI=1S/C22H20FN5O2.ClH/c1-11-21(26-12(2)25-11)15-7-19-17(28-10-24-27-22(15)28)5-3-14-16(23)4-6-18-20(14)13(8-29-18)9-30-19;/h4,6-7,10,13H,3,5,8-9H2,1-2H3,(H,25,26);1H/t13-;/m1./s1. The zero-order valence-corrected chi connectivity index (χ0v) is 17.9. The van der Waals surface area contributed by atoms with E-state index >= 15 is 0 Å². The van der Waals surface area contributed by atoms with Gasteiger partial charge in [-0.05, 0) is 50.5 Å². The Labute approximate surface area is 184 Å². The van der Waals surface area contributed by atoms with Crippen LogP contribution in [0.25, 0.3) is 16.9 Å². The number of imidazole rings is 1. The molecule has 0 fully saturated rings. The Morgan fingerprint density at radius 2 is 1.94 bits per heavy atom. The van der Waals surface area contributed by atoms with Gasteiger partial charge in [0.05, 0.1) is 36.1 Å². The molecule has 4 aromatic rings. The smallest absolute Gasteiger partial charge is 0.170 e. The highest BCUT2D eigenvalue weighted by Crippen LogP contribution is 2.41. The average molecular weight is 442 g/mol. The van der Waals surface area contributed by atoms with Crippen LogP contribution < -0.4 is 9.47 Å². The van der Waals surface area contributed by atoms with Crippen molar-refractivity contribution in [2.75, 3.05) is 13.2 Å². The third-order valence-corrected chi connectivity index (χ3v) is 6.06. The fourth-order valence-corrected chi connectivity index (χ4v) is 4.71. The van der Waals surface area contributed by atoms with Gasteiger partial charge in [0, 0.05) is 11.3 Å². The maximum absolute atomic E-state index is 14.7. The number of pyridine rings is 1. The van der Waals surface area contributed by atoms with E-state index in [9.17, 15) is 4.39 Å². The predicted octanol–water partition coefficient (Wildman–Crippen LogP) is 3.95. The third-order valence-electron chi connectivity index (χ3n) is 6.06. The van der Waals surface area contributed by atoms with Crippen molar-refractivity contribution < 1.29 is 13.9 Å². The lowest BCUT2D eigenvalue weighted by molar-refractivity contribution is 0.246. The van der Waals surface area contributed by atoms with E-state index in [0.717, 1.165) is 51.1 Å². The highest BCUT2D eigenvalue weighted by atomic mass is 35.5. The molecule has 31 heavy (non-hydrogen) atoms. The minimum atomic E-state index is -0.188. The van der Waals surface area contributed by atoms with Gasteiger partial charge in [0.2, 0.25) is 0 Å². The normalized spacial score (nSPS) is 16.9. The SMILES string of the molecule is Cc1nc(-c2cc3c(n4cnnc24)CCc2c(F)ccc4c2[C@H](CO4)CO3)c(C)[nH]1.Cl. The number of ether oxygens (including phenoxy) is 2. The molecule has 0 spiro atoms. The molecule has 2 aliphatic heterocycles. The predicted molar refractivity (Wildman–Crippen MR) is 115 cm³/mol. The number of hydrogen-bond acceptors (Lipinski definition) is 5. The Hall–Kier alpha value is -3.13. The summed E-state index contributed by atoms with van der Waals surface area (Å²) in [4.78, 5) is 7.89. The van der Waals surface area contributed by atoms with Crippen molar-refractivity contribution in [1.29, 1.82) is 0 Å². The van der Waals surface area contributed by atoms with Crippen molar-refractivity contribution in [3.05, 3.63) is 58.7 Å². The molecular weight excluding hydrogens is 421 g/mol. The molecule has 0 aliphatic carbocycles. The second kappa shape index (κ2) is 7.23. The first-order valence-electron chi connectivity index (χ1n) is 10.1. The molecule has 0 saturated heterocycles. The maximum Gasteiger partial charge on any atom is 0.170 e. The van der Waals surface area contributed by atoms with Gasteiger partial charge in [0.25, 0.3) is 0 Å². The molecule has 3 aromatic heterocycles. The number of halogens is 2. The molecule has 5 heterocycles. The van der Waals surface area contributed by atoms with E-state index < -0.39 is 0 Å². The fourth-order valence-electron chi connectivity index (χ4n) is 4.71. The van der Waals surface area contributed by atoms with E-state index in [-0.39, 0.29) is 24.1 Å². The number of nitrogens with zero attached hydrogens (tertiary/aromatic N) is 4. The van der Waals surface area contributed by atoms with Gasteiger partial charge >= 0.3 is 0 Å². The molecule has 9 heteroatoms. The van der Waals surface area contributed by atoms with Gasteiger partial charge in [0.1, 0.15) is 29.5 Å². The molecule has 7 nitrogen and oxygen atoms in total. The monoisotopic (exact) mass is 441 g/mol. The summed E-state index contributed by atoms with van der Waals surface area (Å²) < 4.78 is 28.8. The minimum absolute atomic E-state index is 0. The van der Waals surface area contributed by atoms with Crippen LogP contribution in [-0.4, -0.2) is 37.8 Å². The summed E-state index contributed by atoms with van der Waals surface area (Å²) >= 11 is 0. The van der Waals surface area contributed by atoms with Gasteiger partial charge < -0.3 is 14.5 Å². The van der Waals surface area contributed by atoms with E-state index in [4.69, 9.17) is 9.47 Å². The minimum Gasteiger partial charge on any atom is -0.493 e. The van der Waals surface area contributed by atoms with E-state index in [1.807, 2.05) is 24.3 Å². The summed E-state index contributed by atoms with van der Waals surface area (Å²) in [6.07, 6.45) is 2.84. The Bertz CT molecular complexity index is 1320. The van der Waals surface area contributed by atoms with Crippen molar-refractivity contribution in [3.63, 3.8) is 0 Å². The van der Waals surface area contributed by atoms with E-state index in [1.54, 1.807) is 12.4 Å². The number of aromatic nitrogens is 5. The molecule has 0 amide bonds. The van der Waals surface area contributed by atoms with E-state index in [1.165, 1.54) is 6.07 Å². The second-order valence-electron chi connectivity index (χ2n) is 7.95. The number of aromatic amines is 1. The van der Waals surface area contributed by atoms with Crippen LogP contribution in [-0.2, 0) is 12.8 Å². The lowest BCUT2D eigenvalue weighted by Gasteiger charge is -2.15. The van der Waals surface area contributed by atoms with Crippen LogP contribution in [0.15, 0.2) is 24.5 Å². The van der Waals surface area contributed by atoms with Crippen LogP contribution in [0.4, 0.5) is 4.39 Å². The second-order valence-corrected chi connectivity index (χ2v) is 7.95. The Morgan fingerprint density at radius 1 is 1.13 bits per heavy atom. The van der Waals surface area contributed by atoms with Crippen molar-refractivity contribution in [1.82, 2.24) is 24.6 Å². The molecule has 160 valence electrons. The number of benzene rings is 1. The Morgan fingerprint density at radius 3 is 2.71 bits per heavy atom. The fraction of sp³-hybridized carbons (Fsp3) is 0.318. The molecule has 1 aromatic carbocycles. The van der Waals surface area contributed by atoms with Gasteiger partial charge in [-0.25, -0.2) is 9.37 Å². The molecule has 0 radical (unpaired) electrons. The first-order chi connectivity index (χ1) is 14.6. The summed E-state index contributed by atoms with van der Waals surface area (Å²) in [5.41, 5.74) is 5.97. The van der Waals surface area contributed by atoms with Crippen LogP contribution in [0.2, 0.25) is 0 Å². The summed E-state index contributed by atoms with van der Waals surface area (Å²) in [7, 11) is 0. The van der Waals surface area contributed by atoms with Crippen LogP contribution in [0.5, 0.6) is 11.5 Å². The van der Waals surface area contributed by atoms with Crippen LogP contribution in [0, 0.1) is 19.7 Å². The van der Waals surface area contributed by atoms with Crippen molar-refractivity contribution in [2.45, 2.75) is 32.6 Å². The van der Waals surface area contributed by atoms with Crippen LogP contribution in [0.1, 0.15) is 34.3 Å². The summed E-state index contributed by atoms with van der Waals surface area (Å²) in [6.45, 7) is 4.83. The maximum atomic E-state index is 14.7. The first-order valence-corrected chi connectivity index (χ1v) is 10.1. The summed E-state index contributed by atoms with van der Waals surface area (Å²) in [5.74, 6) is 2.17. The number of H-pyrrole nitrogens is 1. The largest absolute Gasteiger partial charge is 0.493 e. The molecule has 1 N–H and O–H groups in total. The molecular formula is C22H21ClFN5O2. The van der Waals surface area contributed by atoms with Crippen molar-refractivity contribution >= 4 is 18.1 Å². The number of rotatable bonds is 1. The van der Waals surface area contributed by atoms with Gasteiger partial charge in [-0.15, -0.1) is 22.6 Å². The zero-order chi connectivity index (χ0) is 20.4. The first kappa shape index (κ1) is 19.8. The number of nitrogens with one attached hydrogen (secondary N) is 1. The molecule has 6 rings (SSSR count). The van der Waals surface area contributed by atoms with Crippen molar-refractivity contribution in [2.24, 2.45) is 0 Å².